The van der Waals surface area contributed by atoms with Crippen molar-refractivity contribution in [2.45, 2.75) is 57.3 Å². The number of hydrogen-bond donors (Lipinski definition) is 0. The number of nitrogens with zero attached hydrogens (tertiary/aromatic N) is 2. The summed E-state index contributed by atoms with van der Waals surface area (Å²) < 4.78 is 5.16. The highest BCUT2D eigenvalue weighted by Gasteiger charge is 2.24. The van der Waals surface area contributed by atoms with E-state index >= 15 is 0 Å². The Hall–Kier alpha value is -2.54. The van der Waals surface area contributed by atoms with Gasteiger partial charge in [0, 0.05) is 23.9 Å². The smallest absolute Gasteiger partial charge is 0.312 e. The molecule has 1 saturated heterocycles. The van der Waals surface area contributed by atoms with Crippen molar-refractivity contribution in [1.82, 2.24) is 4.98 Å². The zero-order chi connectivity index (χ0) is 20.9. The van der Waals surface area contributed by atoms with Crippen molar-refractivity contribution in [2.24, 2.45) is 0 Å². The summed E-state index contributed by atoms with van der Waals surface area (Å²) in [6.07, 6.45) is 7.67. The lowest BCUT2D eigenvalue weighted by atomic mass is 9.84. The van der Waals surface area contributed by atoms with E-state index in [2.05, 4.69) is 4.98 Å². The van der Waals surface area contributed by atoms with Crippen LogP contribution in [0.25, 0.3) is 0 Å². The third kappa shape index (κ3) is 4.95. The van der Waals surface area contributed by atoms with E-state index < -0.39 is 5.97 Å². The van der Waals surface area contributed by atoms with Crippen molar-refractivity contribution in [3.05, 3.63) is 46.5 Å². The number of Topliss-reactive ketones (excluding diaryl/α,β-unsaturated/α-hetero) is 1. The fraction of sp³-hybridized carbons (Fsp3) is 0.478. The molecule has 0 unspecified atom stereocenters. The summed E-state index contributed by atoms with van der Waals surface area (Å²) in [5.74, 6) is -0.0369. The largest absolute Gasteiger partial charge is 0.457 e. The number of anilines is 1. The Morgan fingerprint density at radius 2 is 1.87 bits per heavy atom. The maximum Gasteiger partial charge on any atom is 0.312 e. The SMILES string of the molecule is O=C(Cc1csc(N2CCCC2=O)n1)OCC(=O)c1ccc(C2CCCCC2)cc1. The monoisotopic (exact) mass is 426 g/mol. The number of benzene rings is 1. The topological polar surface area (TPSA) is 76.6 Å². The van der Waals surface area contributed by atoms with Crippen LogP contribution >= 0.6 is 11.3 Å². The Morgan fingerprint density at radius 1 is 1.10 bits per heavy atom. The Labute approximate surface area is 180 Å². The Balaban J connectivity index is 1.26. The van der Waals surface area contributed by atoms with Gasteiger partial charge in [-0.05, 0) is 30.7 Å². The average molecular weight is 427 g/mol. The van der Waals surface area contributed by atoms with E-state index in [0.717, 1.165) is 6.42 Å². The highest BCUT2D eigenvalue weighted by atomic mass is 32.1. The van der Waals surface area contributed by atoms with Gasteiger partial charge in [0.1, 0.15) is 0 Å². The molecule has 0 atom stereocenters. The van der Waals surface area contributed by atoms with Gasteiger partial charge in [-0.25, -0.2) is 4.98 Å². The number of rotatable bonds is 7. The van der Waals surface area contributed by atoms with Gasteiger partial charge in [0.05, 0.1) is 12.1 Å². The second-order valence-corrected chi connectivity index (χ2v) is 8.82. The van der Waals surface area contributed by atoms with Crippen LogP contribution in [0.3, 0.4) is 0 Å². The number of ketones is 1. The standard InChI is InChI=1S/C23H26N2O4S/c26-20(18-10-8-17(9-11-18)16-5-2-1-3-6-16)14-29-22(28)13-19-15-30-23(24-19)25-12-4-7-21(25)27/h8-11,15-16H,1-7,12-14H2. The van der Waals surface area contributed by atoms with Gasteiger partial charge in [-0.2, -0.15) is 0 Å². The first kappa shape index (κ1) is 20.7. The van der Waals surface area contributed by atoms with Gasteiger partial charge in [-0.1, -0.05) is 43.5 Å². The van der Waals surface area contributed by atoms with E-state index in [-0.39, 0.29) is 24.7 Å². The second kappa shape index (κ2) is 9.51. The lowest BCUT2D eigenvalue weighted by Gasteiger charge is -2.22. The van der Waals surface area contributed by atoms with E-state index in [4.69, 9.17) is 4.74 Å². The van der Waals surface area contributed by atoms with Crippen LogP contribution in [0, 0.1) is 0 Å². The minimum absolute atomic E-state index is 0.00751. The molecule has 1 saturated carbocycles. The molecule has 2 heterocycles. The summed E-state index contributed by atoms with van der Waals surface area (Å²) in [5.41, 5.74) is 2.41. The molecule has 1 aromatic heterocycles. The van der Waals surface area contributed by atoms with Gasteiger partial charge in [-0.3, -0.25) is 19.3 Å². The number of hydrogen-bond acceptors (Lipinski definition) is 6. The van der Waals surface area contributed by atoms with E-state index in [1.807, 2.05) is 24.3 Å². The summed E-state index contributed by atoms with van der Waals surface area (Å²) in [6.45, 7) is 0.396. The van der Waals surface area contributed by atoms with Crippen LogP contribution in [0.1, 0.15) is 72.5 Å². The third-order valence-electron chi connectivity index (χ3n) is 5.84. The van der Waals surface area contributed by atoms with E-state index in [0.29, 0.717) is 35.3 Å². The molecule has 0 N–H and O–H groups in total. The average Bonchev–Trinajstić information content (AvgIpc) is 3.41. The van der Waals surface area contributed by atoms with Gasteiger partial charge >= 0.3 is 5.97 Å². The summed E-state index contributed by atoms with van der Waals surface area (Å²) in [6, 6.07) is 7.72. The first-order valence-electron chi connectivity index (χ1n) is 10.6. The minimum atomic E-state index is -0.494. The van der Waals surface area contributed by atoms with Crippen molar-refractivity contribution in [3.63, 3.8) is 0 Å². The molecule has 2 fully saturated rings. The zero-order valence-corrected chi connectivity index (χ0v) is 17.8. The van der Waals surface area contributed by atoms with Crippen LogP contribution in [0.2, 0.25) is 0 Å². The Morgan fingerprint density at radius 3 is 2.57 bits per heavy atom. The van der Waals surface area contributed by atoms with E-state index in [1.54, 1.807) is 10.3 Å². The maximum atomic E-state index is 12.4. The second-order valence-electron chi connectivity index (χ2n) is 7.99. The molecule has 158 valence electrons. The van der Waals surface area contributed by atoms with Crippen LogP contribution in [0.5, 0.6) is 0 Å². The summed E-state index contributed by atoms with van der Waals surface area (Å²) in [5, 5.41) is 2.38. The summed E-state index contributed by atoms with van der Waals surface area (Å²) in [4.78, 5) is 42.3. The number of amides is 1. The molecule has 2 aliphatic rings. The molecule has 1 aromatic carbocycles. The molecule has 1 aliphatic carbocycles. The number of carbonyl (C=O) groups is 3. The number of thiazole rings is 1. The molecule has 0 spiro atoms. The summed E-state index contributed by atoms with van der Waals surface area (Å²) in [7, 11) is 0. The number of esters is 1. The quantitative estimate of drug-likeness (QED) is 0.488. The van der Waals surface area contributed by atoms with Crippen molar-refractivity contribution in [3.8, 4) is 0 Å². The fourth-order valence-electron chi connectivity index (χ4n) is 4.16. The zero-order valence-electron chi connectivity index (χ0n) is 17.0. The van der Waals surface area contributed by atoms with Crippen LogP contribution in [-0.4, -0.2) is 35.8 Å². The predicted molar refractivity (Wildman–Crippen MR) is 115 cm³/mol. The number of ether oxygens (including phenoxy) is 1. The van der Waals surface area contributed by atoms with Crippen molar-refractivity contribution in [1.29, 1.82) is 0 Å². The normalized spacial score (nSPS) is 17.3. The van der Waals surface area contributed by atoms with Gasteiger partial charge in [0.25, 0.3) is 0 Å². The first-order valence-corrected chi connectivity index (χ1v) is 11.5. The molecule has 0 radical (unpaired) electrons. The molecule has 1 aliphatic heterocycles. The van der Waals surface area contributed by atoms with Crippen LogP contribution in [0.4, 0.5) is 5.13 Å². The molecule has 1 amide bonds. The third-order valence-corrected chi connectivity index (χ3v) is 6.76. The highest BCUT2D eigenvalue weighted by molar-refractivity contribution is 7.14. The predicted octanol–water partition coefficient (Wildman–Crippen LogP) is 4.29. The maximum absolute atomic E-state index is 12.4. The van der Waals surface area contributed by atoms with Gasteiger partial charge in [-0.15, -0.1) is 11.3 Å². The molecule has 7 heteroatoms. The lowest BCUT2D eigenvalue weighted by Crippen LogP contribution is -2.23. The van der Waals surface area contributed by atoms with Gasteiger partial charge in [0.15, 0.2) is 17.5 Å². The van der Waals surface area contributed by atoms with E-state index in [1.165, 1.54) is 49.0 Å². The van der Waals surface area contributed by atoms with Crippen LogP contribution in [-0.2, 0) is 20.7 Å². The molecule has 6 nitrogen and oxygen atoms in total. The Bertz CT molecular complexity index is 916. The van der Waals surface area contributed by atoms with Gasteiger partial charge < -0.3 is 4.74 Å². The molecule has 2 aromatic rings. The lowest BCUT2D eigenvalue weighted by molar-refractivity contribution is -0.141. The highest BCUT2D eigenvalue weighted by Crippen LogP contribution is 2.32. The van der Waals surface area contributed by atoms with Crippen molar-refractivity contribution < 1.29 is 19.1 Å². The first-order chi connectivity index (χ1) is 14.6. The molecule has 30 heavy (non-hydrogen) atoms. The van der Waals surface area contributed by atoms with E-state index in [9.17, 15) is 14.4 Å². The van der Waals surface area contributed by atoms with Crippen molar-refractivity contribution >= 4 is 34.1 Å². The van der Waals surface area contributed by atoms with Crippen molar-refractivity contribution in [2.75, 3.05) is 18.1 Å². The molecular formula is C23H26N2O4S. The molecule has 4 rings (SSSR count). The number of aromatic nitrogens is 1. The molecular weight excluding hydrogens is 400 g/mol. The minimum Gasteiger partial charge on any atom is -0.457 e. The van der Waals surface area contributed by atoms with Crippen LogP contribution in [0.15, 0.2) is 29.6 Å². The van der Waals surface area contributed by atoms with Crippen LogP contribution < -0.4 is 4.90 Å². The molecule has 0 bridgehead atoms. The fourth-order valence-corrected chi connectivity index (χ4v) is 5.03. The van der Waals surface area contributed by atoms with Gasteiger partial charge in [0.2, 0.25) is 5.91 Å². The summed E-state index contributed by atoms with van der Waals surface area (Å²) >= 11 is 1.35. The Kier molecular flexibility index (Phi) is 6.57. The number of carbonyl (C=O) groups excluding carboxylic acids is 3.